The SMILES string of the molecule is CC(NCC(C)(O)c1ccsc1)c1ccc(F)cn1. The molecule has 2 N–H and O–H groups in total. The van der Waals surface area contributed by atoms with Crippen LogP contribution in [0.15, 0.2) is 35.2 Å². The molecular weight excluding hydrogens is 263 g/mol. The number of nitrogens with zero attached hydrogens (tertiary/aromatic N) is 1. The molecule has 2 atom stereocenters. The average Bonchev–Trinajstić information content (AvgIpc) is 2.91. The molecule has 0 fully saturated rings. The lowest BCUT2D eigenvalue weighted by molar-refractivity contribution is 0.0546. The van der Waals surface area contributed by atoms with Crippen molar-refractivity contribution in [3.8, 4) is 0 Å². The third-order valence-corrected chi connectivity index (χ3v) is 3.77. The molecule has 0 radical (unpaired) electrons. The Balaban J connectivity index is 1.97. The van der Waals surface area contributed by atoms with Crippen molar-refractivity contribution >= 4 is 11.3 Å². The van der Waals surface area contributed by atoms with E-state index < -0.39 is 5.60 Å². The fraction of sp³-hybridized carbons (Fsp3) is 0.357. The summed E-state index contributed by atoms with van der Waals surface area (Å²) >= 11 is 1.56. The summed E-state index contributed by atoms with van der Waals surface area (Å²) in [5.74, 6) is -0.346. The predicted octanol–water partition coefficient (Wildman–Crippen LogP) is 2.84. The van der Waals surface area contributed by atoms with Crippen molar-refractivity contribution in [1.82, 2.24) is 10.3 Å². The molecule has 0 saturated heterocycles. The van der Waals surface area contributed by atoms with Gasteiger partial charge in [-0.2, -0.15) is 11.3 Å². The molecule has 0 saturated carbocycles. The summed E-state index contributed by atoms with van der Waals surface area (Å²) in [5.41, 5.74) is 0.723. The fourth-order valence-electron chi connectivity index (χ4n) is 1.77. The Kier molecular flexibility index (Phi) is 4.29. The molecule has 0 spiro atoms. The first-order chi connectivity index (χ1) is 8.99. The van der Waals surface area contributed by atoms with Crippen LogP contribution in [-0.2, 0) is 5.60 Å². The number of aromatic nitrogens is 1. The summed E-state index contributed by atoms with van der Waals surface area (Å²) in [4.78, 5) is 4.02. The van der Waals surface area contributed by atoms with Crippen LogP contribution in [-0.4, -0.2) is 16.6 Å². The molecule has 3 nitrogen and oxygen atoms in total. The van der Waals surface area contributed by atoms with E-state index in [0.29, 0.717) is 6.54 Å². The van der Waals surface area contributed by atoms with E-state index in [-0.39, 0.29) is 11.9 Å². The van der Waals surface area contributed by atoms with Crippen LogP contribution >= 0.6 is 11.3 Å². The van der Waals surface area contributed by atoms with Crippen molar-refractivity contribution in [2.45, 2.75) is 25.5 Å². The third-order valence-electron chi connectivity index (χ3n) is 3.09. The van der Waals surface area contributed by atoms with Crippen LogP contribution in [0.5, 0.6) is 0 Å². The number of thiophene rings is 1. The lowest BCUT2D eigenvalue weighted by atomic mass is 9.99. The number of nitrogens with one attached hydrogen (secondary N) is 1. The fourth-order valence-corrected chi connectivity index (χ4v) is 2.56. The van der Waals surface area contributed by atoms with Gasteiger partial charge < -0.3 is 10.4 Å². The smallest absolute Gasteiger partial charge is 0.141 e. The molecule has 2 unspecified atom stereocenters. The monoisotopic (exact) mass is 280 g/mol. The molecule has 0 aliphatic heterocycles. The molecule has 2 aromatic heterocycles. The van der Waals surface area contributed by atoms with Crippen molar-refractivity contribution in [2.24, 2.45) is 0 Å². The van der Waals surface area contributed by atoms with Gasteiger partial charge >= 0.3 is 0 Å². The van der Waals surface area contributed by atoms with Crippen LogP contribution in [0.1, 0.15) is 31.1 Å². The molecule has 2 heterocycles. The Hall–Kier alpha value is -1.30. The Morgan fingerprint density at radius 3 is 2.84 bits per heavy atom. The van der Waals surface area contributed by atoms with E-state index in [1.807, 2.05) is 23.8 Å². The van der Waals surface area contributed by atoms with Gasteiger partial charge in [0.2, 0.25) is 0 Å². The van der Waals surface area contributed by atoms with Gasteiger partial charge in [-0.05, 0) is 48.4 Å². The van der Waals surface area contributed by atoms with E-state index in [9.17, 15) is 9.50 Å². The minimum Gasteiger partial charge on any atom is -0.384 e. The van der Waals surface area contributed by atoms with Gasteiger partial charge in [0.1, 0.15) is 11.4 Å². The normalized spacial score (nSPS) is 16.0. The van der Waals surface area contributed by atoms with Crippen molar-refractivity contribution < 1.29 is 9.50 Å². The largest absolute Gasteiger partial charge is 0.384 e. The quantitative estimate of drug-likeness (QED) is 0.885. The molecule has 2 rings (SSSR count). The third kappa shape index (κ3) is 3.59. The van der Waals surface area contributed by atoms with E-state index >= 15 is 0 Å². The van der Waals surface area contributed by atoms with Crippen molar-refractivity contribution in [1.29, 1.82) is 0 Å². The summed E-state index contributed by atoms with van der Waals surface area (Å²) in [5, 5.41) is 17.5. The topological polar surface area (TPSA) is 45.1 Å². The first-order valence-electron chi connectivity index (χ1n) is 6.09. The van der Waals surface area contributed by atoms with Crippen LogP contribution in [0, 0.1) is 5.82 Å². The van der Waals surface area contributed by atoms with Crippen molar-refractivity contribution in [3.05, 3.63) is 52.2 Å². The second-order valence-electron chi connectivity index (χ2n) is 4.79. The minimum atomic E-state index is -0.922. The van der Waals surface area contributed by atoms with Crippen LogP contribution in [0.3, 0.4) is 0 Å². The molecule has 102 valence electrons. The van der Waals surface area contributed by atoms with E-state index in [2.05, 4.69) is 10.3 Å². The van der Waals surface area contributed by atoms with Crippen LogP contribution < -0.4 is 5.32 Å². The summed E-state index contributed by atoms with van der Waals surface area (Å²) in [6.07, 6.45) is 1.20. The maximum absolute atomic E-state index is 12.8. The Morgan fingerprint density at radius 1 is 1.47 bits per heavy atom. The lowest BCUT2D eigenvalue weighted by Crippen LogP contribution is -2.36. The first kappa shape index (κ1) is 14.1. The van der Waals surface area contributed by atoms with Gasteiger partial charge in [-0.3, -0.25) is 4.98 Å². The maximum atomic E-state index is 12.8. The zero-order valence-corrected chi connectivity index (χ0v) is 11.7. The minimum absolute atomic E-state index is 0.0503. The van der Waals surface area contributed by atoms with Gasteiger partial charge in [0, 0.05) is 12.6 Å². The van der Waals surface area contributed by atoms with E-state index in [1.54, 1.807) is 24.3 Å². The summed E-state index contributed by atoms with van der Waals surface area (Å²) in [7, 11) is 0. The number of rotatable bonds is 5. The number of pyridine rings is 1. The molecule has 5 heteroatoms. The first-order valence-corrected chi connectivity index (χ1v) is 7.03. The van der Waals surface area contributed by atoms with Crippen LogP contribution in [0.2, 0.25) is 0 Å². The van der Waals surface area contributed by atoms with Gasteiger partial charge in [0.05, 0.1) is 11.9 Å². The van der Waals surface area contributed by atoms with Gasteiger partial charge in [-0.1, -0.05) is 0 Å². The highest BCUT2D eigenvalue weighted by Crippen LogP contribution is 2.23. The summed E-state index contributed by atoms with van der Waals surface area (Å²) in [6.45, 7) is 4.11. The van der Waals surface area contributed by atoms with Crippen LogP contribution in [0.25, 0.3) is 0 Å². The van der Waals surface area contributed by atoms with Crippen molar-refractivity contribution in [3.63, 3.8) is 0 Å². The summed E-state index contributed by atoms with van der Waals surface area (Å²) in [6, 6.07) is 4.89. The van der Waals surface area contributed by atoms with Crippen molar-refractivity contribution in [2.75, 3.05) is 6.54 Å². The van der Waals surface area contributed by atoms with Gasteiger partial charge in [0.25, 0.3) is 0 Å². The molecule has 0 aromatic carbocycles. The Morgan fingerprint density at radius 2 is 2.26 bits per heavy atom. The number of halogens is 1. The van der Waals surface area contributed by atoms with E-state index in [0.717, 1.165) is 11.3 Å². The molecule has 0 aliphatic rings. The molecule has 0 bridgehead atoms. The second-order valence-corrected chi connectivity index (χ2v) is 5.57. The number of aliphatic hydroxyl groups is 1. The standard InChI is InChI=1S/C14H17FN2OS/c1-10(13-4-3-12(15)7-16-13)17-9-14(2,18)11-5-6-19-8-11/h3-8,10,17-18H,9H2,1-2H3. The highest BCUT2D eigenvalue weighted by molar-refractivity contribution is 7.08. The zero-order valence-electron chi connectivity index (χ0n) is 10.9. The highest BCUT2D eigenvalue weighted by Gasteiger charge is 2.24. The maximum Gasteiger partial charge on any atom is 0.141 e. The predicted molar refractivity (Wildman–Crippen MR) is 74.5 cm³/mol. The van der Waals surface area contributed by atoms with E-state index in [4.69, 9.17) is 0 Å². The summed E-state index contributed by atoms with van der Waals surface area (Å²) < 4.78 is 12.8. The Bertz CT molecular complexity index is 511. The van der Waals surface area contributed by atoms with Gasteiger partial charge in [-0.25, -0.2) is 4.39 Å². The molecule has 2 aromatic rings. The molecule has 0 aliphatic carbocycles. The molecule has 19 heavy (non-hydrogen) atoms. The zero-order chi connectivity index (χ0) is 13.9. The average molecular weight is 280 g/mol. The van der Waals surface area contributed by atoms with Gasteiger partial charge in [-0.15, -0.1) is 0 Å². The molecular formula is C14H17FN2OS. The Labute approximate surface area is 116 Å². The highest BCUT2D eigenvalue weighted by atomic mass is 32.1. The van der Waals surface area contributed by atoms with Crippen LogP contribution in [0.4, 0.5) is 4.39 Å². The number of hydrogen-bond acceptors (Lipinski definition) is 4. The molecule has 0 amide bonds. The lowest BCUT2D eigenvalue weighted by Gasteiger charge is -2.25. The number of hydrogen-bond donors (Lipinski definition) is 2. The van der Waals surface area contributed by atoms with E-state index in [1.165, 1.54) is 12.3 Å². The van der Waals surface area contributed by atoms with Gasteiger partial charge in [0.15, 0.2) is 0 Å². The second kappa shape index (κ2) is 5.77.